The summed E-state index contributed by atoms with van der Waals surface area (Å²) in [5.74, 6) is 1.07. The maximum Gasteiger partial charge on any atom is 0.249 e. The summed E-state index contributed by atoms with van der Waals surface area (Å²) in [5, 5.41) is 15.2. The lowest BCUT2D eigenvalue weighted by molar-refractivity contribution is 0.979. The van der Waals surface area contributed by atoms with E-state index in [0.29, 0.717) is 16.8 Å². The molecule has 5 nitrogen and oxygen atoms in total. The standard InChI is InChI=1S/C18H18ClN5/c1-3-13-6-4-5-12(2)17(13)23-18-22-16(11-20-24-18)21-15-9-7-14(19)8-10-15/h4-11H,3H2,1-2H3,(H2,21,22,23,24). The number of hydrogen-bond donors (Lipinski definition) is 2. The van der Waals surface area contributed by atoms with Gasteiger partial charge in [-0.3, -0.25) is 0 Å². The Bertz CT molecular complexity index is 833. The van der Waals surface area contributed by atoms with Crippen LogP contribution < -0.4 is 10.6 Å². The van der Waals surface area contributed by atoms with Gasteiger partial charge < -0.3 is 10.6 Å². The molecule has 0 saturated carbocycles. The first-order valence-corrected chi connectivity index (χ1v) is 8.11. The summed E-state index contributed by atoms with van der Waals surface area (Å²) in [6.45, 7) is 4.18. The molecule has 0 amide bonds. The SMILES string of the molecule is CCc1cccc(C)c1Nc1nncc(Nc2ccc(Cl)cc2)n1. The van der Waals surface area contributed by atoms with E-state index in [0.717, 1.165) is 23.4 Å². The number of para-hydroxylation sites is 1. The molecule has 0 atom stereocenters. The highest BCUT2D eigenvalue weighted by Crippen LogP contribution is 2.24. The summed E-state index contributed by atoms with van der Waals surface area (Å²) in [4.78, 5) is 4.47. The Kier molecular flexibility index (Phi) is 4.91. The van der Waals surface area contributed by atoms with Crippen LogP contribution in [-0.2, 0) is 6.42 Å². The van der Waals surface area contributed by atoms with E-state index in [2.05, 4.69) is 57.9 Å². The van der Waals surface area contributed by atoms with Gasteiger partial charge in [-0.25, -0.2) is 0 Å². The topological polar surface area (TPSA) is 62.7 Å². The molecule has 122 valence electrons. The van der Waals surface area contributed by atoms with Gasteiger partial charge in [0.15, 0.2) is 5.82 Å². The minimum absolute atomic E-state index is 0.456. The predicted octanol–water partition coefficient (Wildman–Crippen LogP) is 4.88. The molecule has 1 aromatic heterocycles. The number of nitrogens with one attached hydrogen (secondary N) is 2. The van der Waals surface area contributed by atoms with Crippen molar-refractivity contribution < 1.29 is 0 Å². The highest BCUT2D eigenvalue weighted by Gasteiger charge is 2.07. The first-order valence-electron chi connectivity index (χ1n) is 7.73. The second kappa shape index (κ2) is 7.27. The number of nitrogens with zero attached hydrogens (tertiary/aromatic N) is 3. The lowest BCUT2D eigenvalue weighted by Gasteiger charge is -2.13. The Hall–Kier alpha value is -2.66. The van der Waals surface area contributed by atoms with Crippen molar-refractivity contribution in [1.29, 1.82) is 0 Å². The van der Waals surface area contributed by atoms with Gasteiger partial charge in [-0.1, -0.05) is 36.7 Å². The normalized spacial score (nSPS) is 10.5. The second-order valence-electron chi connectivity index (χ2n) is 5.38. The number of halogens is 1. The number of aryl methyl sites for hydroxylation is 2. The van der Waals surface area contributed by atoms with Crippen LogP contribution in [0.3, 0.4) is 0 Å². The maximum atomic E-state index is 5.90. The monoisotopic (exact) mass is 339 g/mol. The molecule has 0 bridgehead atoms. The molecule has 2 N–H and O–H groups in total. The Morgan fingerprint density at radius 3 is 2.58 bits per heavy atom. The summed E-state index contributed by atoms with van der Waals surface area (Å²) >= 11 is 5.90. The van der Waals surface area contributed by atoms with Gasteiger partial charge in [0.1, 0.15) is 0 Å². The van der Waals surface area contributed by atoms with Crippen LogP contribution in [0.2, 0.25) is 5.02 Å². The Balaban J connectivity index is 1.82. The summed E-state index contributed by atoms with van der Waals surface area (Å²) in [6.07, 6.45) is 2.51. The first-order chi connectivity index (χ1) is 11.7. The minimum Gasteiger partial charge on any atom is -0.339 e. The second-order valence-corrected chi connectivity index (χ2v) is 5.82. The van der Waals surface area contributed by atoms with Gasteiger partial charge in [0.25, 0.3) is 0 Å². The molecule has 0 aliphatic rings. The van der Waals surface area contributed by atoms with Crippen LogP contribution in [0.5, 0.6) is 0 Å². The highest BCUT2D eigenvalue weighted by molar-refractivity contribution is 6.30. The molecule has 0 aliphatic heterocycles. The highest BCUT2D eigenvalue weighted by atomic mass is 35.5. The van der Waals surface area contributed by atoms with Gasteiger partial charge in [-0.05, 0) is 48.7 Å². The van der Waals surface area contributed by atoms with E-state index in [1.54, 1.807) is 6.20 Å². The Labute approximate surface area is 146 Å². The summed E-state index contributed by atoms with van der Waals surface area (Å²) in [6, 6.07) is 13.6. The van der Waals surface area contributed by atoms with Crippen LogP contribution in [-0.4, -0.2) is 15.2 Å². The molecule has 3 rings (SSSR count). The predicted molar refractivity (Wildman–Crippen MR) is 98.4 cm³/mol. The molecule has 0 radical (unpaired) electrons. The zero-order valence-electron chi connectivity index (χ0n) is 13.5. The van der Waals surface area contributed by atoms with Crippen LogP contribution in [0.25, 0.3) is 0 Å². The van der Waals surface area contributed by atoms with Crippen molar-refractivity contribution in [2.24, 2.45) is 0 Å². The average molecular weight is 340 g/mol. The van der Waals surface area contributed by atoms with Crippen molar-refractivity contribution in [1.82, 2.24) is 15.2 Å². The molecule has 0 spiro atoms. The molecule has 0 fully saturated rings. The molecular formula is C18H18ClN5. The van der Waals surface area contributed by atoms with Crippen LogP contribution in [0.15, 0.2) is 48.7 Å². The fourth-order valence-electron chi connectivity index (χ4n) is 2.41. The lowest BCUT2D eigenvalue weighted by Crippen LogP contribution is -2.05. The third-order valence-corrected chi connectivity index (χ3v) is 3.90. The first kappa shape index (κ1) is 16.2. The molecule has 24 heavy (non-hydrogen) atoms. The Morgan fingerprint density at radius 2 is 1.83 bits per heavy atom. The van der Waals surface area contributed by atoms with Gasteiger partial charge in [0.05, 0.1) is 6.20 Å². The molecule has 1 heterocycles. The van der Waals surface area contributed by atoms with E-state index in [9.17, 15) is 0 Å². The molecule has 0 unspecified atom stereocenters. The number of anilines is 4. The van der Waals surface area contributed by atoms with Crippen molar-refractivity contribution >= 4 is 34.7 Å². The van der Waals surface area contributed by atoms with Crippen molar-refractivity contribution in [3.8, 4) is 0 Å². The largest absolute Gasteiger partial charge is 0.339 e. The molecule has 2 aromatic carbocycles. The van der Waals surface area contributed by atoms with Crippen molar-refractivity contribution in [2.45, 2.75) is 20.3 Å². The Morgan fingerprint density at radius 1 is 1.04 bits per heavy atom. The fourth-order valence-corrected chi connectivity index (χ4v) is 2.54. The van der Waals surface area contributed by atoms with E-state index in [1.807, 2.05) is 24.3 Å². The minimum atomic E-state index is 0.456. The molecule has 0 saturated heterocycles. The van der Waals surface area contributed by atoms with Crippen molar-refractivity contribution in [2.75, 3.05) is 10.6 Å². The number of aromatic nitrogens is 3. The van der Waals surface area contributed by atoms with Crippen molar-refractivity contribution in [3.05, 3.63) is 64.8 Å². The third-order valence-electron chi connectivity index (χ3n) is 3.65. The molecular weight excluding hydrogens is 322 g/mol. The fraction of sp³-hybridized carbons (Fsp3) is 0.167. The number of rotatable bonds is 5. The van der Waals surface area contributed by atoms with Crippen LogP contribution in [0, 0.1) is 6.92 Å². The molecule has 3 aromatic rings. The van der Waals surface area contributed by atoms with Crippen LogP contribution >= 0.6 is 11.6 Å². The summed E-state index contributed by atoms with van der Waals surface area (Å²) in [7, 11) is 0. The van der Waals surface area contributed by atoms with Gasteiger partial charge in [-0.2, -0.15) is 10.1 Å². The summed E-state index contributed by atoms with van der Waals surface area (Å²) < 4.78 is 0. The third kappa shape index (κ3) is 3.81. The zero-order valence-corrected chi connectivity index (χ0v) is 14.3. The van der Waals surface area contributed by atoms with Crippen molar-refractivity contribution in [3.63, 3.8) is 0 Å². The number of benzene rings is 2. The van der Waals surface area contributed by atoms with E-state index >= 15 is 0 Å². The van der Waals surface area contributed by atoms with Gasteiger partial charge >= 0.3 is 0 Å². The van der Waals surface area contributed by atoms with Crippen LogP contribution in [0.4, 0.5) is 23.1 Å². The van der Waals surface area contributed by atoms with Gasteiger partial charge in [0.2, 0.25) is 5.95 Å². The number of hydrogen-bond acceptors (Lipinski definition) is 5. The van der Waals surface area contributed by atoms with E-state index < -0.39 is 0 Å². The van der Waals surface area contributed by atoms with Gasteiger partial charge in [-0.15, -0.1) is 5.10 Å². The smallest absolute Gasteiger partial charge is 0.249 e. The average Bonchev–Trinajstić information content (AvgIpc) is 2.59. The summed E-state index contributed by atoms with van der Waals surface area (Å²) in [5.41, 5.74) is 4.28. The lowest BCUT2D eigenvalue weighted by atomic mass is 10.1. The quantitative estimate of drug-likeness (QED) is 0.693. The zero-order chi connectivity index (χ0) is 16.9. The van der Waals surface area contributed by atoms with E-state index in [1.165, 1.54) is 5.56 Å². The van der Waals surface area contributed by atoms with E-state index in [-0.39, 0.29) is 0 Å². The molecule has 0 aliphatic carbocycles. The maximum absolute atomic E-state index is 5.90. The van der Waals surface area contributed by atoms with E-state index in [4.69, 9.17) is 11.6 Å². The van der Waals surface area contributed by atoms with Crippen LogP contribution in [0.1, 0.15) is 18.1 Å². The van der Waals surface area contributed by atoms with Gasteiger partial charge in [0, 0.05) is 16.4 Å². The molecule has 6 heteroatoms.